The van der Waals surface area contributed by atoms with Crippen molar-refractivity contribution in [2.45, 2.75) is 46.1 Å². The number of benzene rings is 1. The Morgan fingerprint density at radius 1 is 1.32 bits per heavy atom. The summed E-state index contributed by atoms with van der Waals surface area (Å²) in [6.07, 6.45) is 7.59. The number of aryl methyl sites for hydroxylation is 1. The summed E-state index contributed by atoms with van der Waals surface area (Å²) in [7, 11) is 0. The number of aliphatic imine (C=N–C) groups is 2. The maximum Gasteiger partial charge on any atom is 0.128 e. The Kier molecular flexibility index (Phi) is 6.34. The van der Waals surface area contributed by atoms with Gasteiger partial charge in [0.05, 0.1) is 17.9 Å². The molecule has 1 aromatic rings. The zero-order valence-electron chi connectivity index (χ0n) is 17.2. The van der Waals surface area contributed by atoms with Gasteiger partial charge >= 0.3 is 0 Å². The molecular formula is C23H31N5. The van der Waals surface area contributed by atoms with Gasteiger partial charge in [0.25, 0.3) is 0 Å². The van der Waals surface area contributed by atoms with Crippen LogP contribution in [0.1, 0.15) is 44.2 Å². The number of rotatable bonds is 8. The van der Waals surface area contributed by atoms with Crippen LogP contribution in [0.4, 0.5) is 11.4 Å². The molecule has 0 spiro atoms. The molecule has 0 aromatic heterocycles. The highest BCUT2D eigenvalue weighted by Gasteiger charge is 2.20. The van der Waals surface area contributed by atoms with Crippen molar-refractivity contribution in [1.29, 1.82) is 0 Å². The van der Waals surface area contributed by atoms with Crippen LogP contribution in [0.2, 0.25) is 0 Å². The molecule has 0 aliphatic carbocycles. The lowest BCUT2D eigenvalue weighted by molar-refractivity contribution is 0.566. The molecule has 148 valence electrons. The average molecular weight is 378 g/mol. The highest BCUT2D eigenvalue weighted by molar-refractivity contribution is 6.02. The summed E-state index contributed by atoms with van der Waals surface area (Å²) in [5.74, 6) is 0.977. The molecule has 0 fully saturated rings. The molecule has 5 nitrogen and oxygen atoms in total. The van der Waals surface area contributed by atoms with E-state index in [4.69, 9.17) is 4.99 Å². The van der Waals surface area contributed by atoms with Crippen molar-refractivity contribution in [1.82, 2.24) is 10.6 Å². The molecule has 0 bridgehead atoms. The van der Waals surface area contributed by atoms with E-state index in [9.17, 15) is 0 Å². The minimum absolute atomic E-state index is 0.445. The molecule has 2 heterocycles. The highest BCUT2D eigenvalue weighted by Crippen LogP contribution is 2.31. The molecular weight excluding hydrogens is 346 g/mol. The van der Waals surface area contributed by atoms with Gasteiger partial charge in [0, 0.05) is 30.0 Å². The van der Waals surface area contributed by atoms with Crippen LogP contribution in [0.25, 0.3) is 0 Å². The van der Waals surface area contributed by atoms with Crippen molar-refractivity contribution in [2.75, 3.05) is 18.4 Å². The number of nitrogens with zero attached hydrogens (tertiary/aromatic N) is 2. The van der Waals surface area contributed by atoms with E-state index in [1.807, 2.05) is 6.20 Å². The summed E-state index contributed by atoms with van der Waals surface area (Å²) in [5.41, 5.74) is 7.32. The number of hydrogen-bond acceptors (Lipinski definition) is 5. The van der Waals surface area contributed by atoms with Crippen molar-refractivity contribution < 1.29 is 0 Å². The standard InChI is InChI=1S/C23H31N5/c1-6-7-8-19-13-27-23(28-19)18-11-16(3)22(24-5)21(12-18)26-14-20-15(2)9-10-25-17(20)4/h9-12,19,25-26H,4-8,13-14H2,1-3H3,(H,27,28). The topological polar surface area (TPSA) is 60.8 Å². The molecule has 0 radical (unpaired) electrons. The fourth-order valence-corrected chi connectivity index (χ4v) is 3.66. The van der Waals surface area contributed by atoms with E-state index < -0.39 is 0 Å². The normalized spacial score (nSPS) is 18.6. The van der Waals surface area contributed by atoms with Crippen LogP contribution in [0.5, 0.6) is 0 Å². The van der Waals surface area contributed by atoms with Gasteiger partial charge in [0.15, 0.2) is 0 Å². The van der Waals surface area contributed by atoms with E-state index in [1.165, 1.54) is 18.4 Å². The van der Waals surface area contributed by atoms with Crippen molar-refractivity contribution >= 4 is 23.9 Å². The zero-order valence-corrected chi connectivity index (χ0v) is 17.2. The number of allylic oxidation sites excluding steroid dienone is 2. The summed E-state index contributed by atoms with van der Waals surface area (Å²) < 4.78 is 0. The Balaban J connectivity index is 1.80. The first kappa shape index (κ1) is 19.9. The number of unbranched alkanes of at least 4 members (excludes halogenated alkanes) is 1. The molecule has 2 aliphatic rings. The van der Waals surface area contributed by atoms with Gasteiger partial charge < -0.3 is 16.0 Å². The first-order valence-electron chi connectivity index (χ1n) is 10.0. The molecule has 1 unspecified atom stereocenters. The molecule has 3 N–H and O–H groups in total. The summed E-state index contributed by atoms with van der Waals surface area (Å²) >= 11 is 0. The van der Waals surface area contributed by atoms with Gasteiger partial charge in [-0.15, -0.1) is 0 Å². The molecule has 2 aliphatic heterocycles. The van der Waals surface area contributed by atoms with Crippen molar-refractivity contribution in [2.24, 2.45) is 9.98 Å². The third-order valence-electron chi connectivity index (χ3n) is 5.34. The smallest absolute Gasteiger partial charge is 0.128 e. The maximum absolute atomic E-state index is 4.74. The number of amidine groups is 1. The first-order chi connectivity index (χ1) is 13.5. The first-order valence-corrected chi connectivity index (χ1v) is 10.0. The zero-order chi connectivity index (χ0) is 20.1. The predicted octanol–water partition coefficient (Wildman–Crippen LogP) is 4.59. The van der Waals surface area contributed by atoms with E-state index in [-0.39, 0.29) is 0 Å². The molecule has 0 saturated carbocycles. The van der Waals surface area contributed by atoms with Crippen LogP contribution < -0.4 is 16.0 Å². The molecule has 28 heavy (non-hydrogen) atoms. The van der Waals surface area contributed by atoms with Gasteiger partial charge in [-0.2, -0.15) is 0 Å². The molecule has 3 rings (SSSR count). The van der Waals surface area contributed by atoms with Crippen molar-refractivity contribution in [3.63, 3.8) is 0 Å². The molecule has 1 atom stereocenters. The van der Waals surface area contributed by atoms with E-state index in [0.717, 1.165) is 52.6 Å². The van der Waals surface area contributed by atoms with E-state index in [0.29, 0.717) is 12.6 Å². The van der Waals surface area contributed by atoms with Crippen LogP contribution in [0, 0.1) is 6.92 Å². The largest absolute Gasteiger partial charge is 0.379 e. The summed E-state index contributed by atoms with van der Waals surface area (Å²) in [6, 6.07) is 4.70. The van der Waals surface area contributed by atoms with E-state index in [2.05, 4.69) is 73.2 Å². The van der Waals surface area contributed by atoms with Gasteiger partial charge in [-0.05, 0) is 61.9 Å². The average Bonchev–Trinajstić information content (AvgIpc) is 3.14. The highest BCUT2D eigenvalue weighted by atomic mass is 15.1. The van der Waals surface area contributed by atoms with Gasteiger partial charge in [0.1, 0.15) is 5.84 Å². The third-order valence-corrected chi connectivity index (χ3v) is 5.34. The van der Waals surface area contributed by atoms with Crippen LogP contribution in [-0.4, -0.2) is 31.7 Å². The Bertz CT molecular complexity index is 860. The van der Waals surface area contributed by atoms with E-state index in [1.54, 1.807) is 0 Å². The van der Waals surface area contributed by atoms with Crippen LogP contribution >= 0.6 is 0 Å². The summed E-state index contributed by atoms with van der Waals surface area (Å²) in [6.45, 7) is 15.8. The minimum Gasteiger partial charge on any atom is -0.379 e. The van der Waals surface area contributed by atoms with Crippen LogP contribution in [-0.2, 0) is 0 Å². The van der Waals surface area contributed by atoms with E-state index >= 15 is 0 Å². The number of nitrogens with one attached hydrogen (secondary N) is 3. The maximum atomic E-state index is 4.74. The van der Waals surface area contributed by atoms with Gasteiger partial charge in [-0.25, -0.2) is 0 Å². The van der Waals surface area contributed by atoms with Gasteiger partial charge in [-0.3, -0.25) is 9.98 Å². The van der Waals surface area contributed by atoms with Crippen LogP contribution in [0.15, 0.2) is 57.8 Å². The van der Waals surface area contributed by atoms with Crippen LogP contribution in [0.3, 0.4) is 0 Å². The second-order valence-electron chi connectivity index (χ2n) is 7.49. The Hall–Kier alpha value is -2.82. The monoisotopic (exact) mass is 377 g/mol. The molecule has 1 aromatic carbocycles. The summed E-state index contributed by atoms with van der Waals surface area (Å²) in [4.78, 5) is 9.00. The lowest BCUT2D eigenvalue weighted by Crippen LogP contribution is -2.30. The second kappa shape index (κ2) is 8.91. The fourth-order valence-electron chi connectivity index (χ4n) is 3.66. The Labute approximate surface area is 168 Å². The Morgan fingerprint density at radius 3 is 2.86 bits per heavy atom. The van der Waals surface area contributed by atoms with Gasteiger partial charge in [0.2, 0.25) is 0 Å². The third kappa shape index (κ3) is 4.35. The minimum atomic E-state index is 0.445. The number of hydrogen-bond donors (Lipinski definition) is 3. The molecule has 0 amide bonds. The molecule has 5 heteroatoms. The Morgan fingerprint density at radius 2 is 2.14 bits per heavy atom. The SMILES string of the molecule is C=Nc1c(C)cc(C2=NCC(CCCC)N2)cc1NCC1=C(C)C=CNC1=C. The lowest BCUT2D eigenvalue weighted by atomic mass is 10.0. The van der Waals surface area contributed by atoms with Crippen molar-refractivity contribution in [3.8, 4) is 0 Å². The van der Waals surface area contributed by atoms with Crippen molar-refractivity contribution in [3.05, 3.63) is 59.0 Å². The lowest BCUT2D eigenvalue weighted by Gasteiger charge is -2.20. The second-order valence-corrected chi connectivity index (χ2v) is 7.49. The molecule has 0 saturated heterocycles. The van der Waals surface area contributed by atoms with Gasteiger partial charge in [-0.1, -0.05) is 26.3 Å². The quantitative estimate of drug-likeness (QED) is 0.581. The predicted molar refractivity (Wildman–Crippen MR) is 121 cm³/mol. The number of anilines is 1. The summed E-state index contributed by atoms with van der Waals surface area (Å²) in [5, 5.41) is 10.3. The fraction of sp³-hybridized carbons (Fsp3) is 0.391. The number of dihydropyridines is 1.